The standard InChI is InChI=1S/C43H33N3O/c1-43(2)32-23-21-29-28-17-10-12-20-37(28)47-41(29)38(32)31-22-24-36-39(40(31)43)30-18-9-11-19-35(30)46(36)42-44-33(26-13-5-3-6-14-26)25-34(45-42)27-15-7-4-8-16-27/h3-15,17-25,27-28,37H,16H2,1-2H3. The van der Waals surface area contributed by atoms with E-state index in [-0.39, 0.29) is 23.4 Å². The van der Waals surface area contributed by atoms with E-state index in [2.05, 4.69) is 152 Å². The first-order valence-corrected chi connectivity index (χ1v) is 16.6. The van der Waals surface area contributed by atoms with Crippen molar-refractivity contribution < 1.29 is 4.74 Å². The van der Waals surface area contributed by atoms with Crippen LogP contribution in [0.25, 0.3) is 50.1 Å². The third-order valence-corrected chi connectivity index (χ3v) is 10.7. The lowest BCUT2D eigenvalue weighted by atomic mass is 9.80. The van der Waals surface area contributed by atoms with Gasteiger partial charge in [-0.05, 0) is 47.4 Å². The summed E-state index contributed by atoms with van der Waals surface area (Å²) in [6.07, 6.45) is 18.4. The van der Waals surface area contributed by atoms with Gasteiger partial charge in [-0.15, -0.1) is 0 Å². The third kappa shape index (κ3) is 3.76. The molecule has 226 valence electrons. The van der Waals surface area contributed by atoms with Crippen LogP contribution in [-0.2, 0) is 5.41 Å². The zero-order valence-electron chi connectivity index (χ0n) is 26.4. The van der Waals surface area contributed by atoms with Crippen molar-refractivity contribution in [1.82, 2.24) is 14.5 Å². The van der Waals surface area contributed by atoms with Crippen molar-refractivity contribution in [2.75, 3.05) is 0 Å². The SMILES string of the molecule is CC1(C)c2ccc3c(c2-c2ccc4c(c21)c1ccccc1n4-c1nc(-c2ccccc2)cc(C2C=CC=CC2)n1)OC1C=CC=CC31. The van der Waals surface area contributed by atoms with Gasteiger partial charge >= 0.3 is 0 Å². The van der Waals surface area contributed by atoms with Crippen molar-refractivity contribution in [3.63, 3.8) is 0 Å². The minimum Gasteiger partial charge on any atom is -0.484 e. The molecule has 4 nitrogen and oxygen atoms in total. The van der Waals surface area contributed by atoms with Gasteiger partial charge in [0, 0.05) is 44.7 Å². The van der Waals surface area contributed by atoms with Crippen LogP contribution >= 0.6 is 0 Å². The highest BCUT2D eigenvalue weighted by Crippen LogP contribution is 2.59. The number of hydrogen-bond donors (Lipinski definition) is 0. The van der Waals surface area contributed by atoms with Crippen molar-refractivity contribution in [3.8, 4) is 34.1 Å². The summed E-state index contributed by atoms with van der Waals surface area (Å²) < 4.78 is 9.02. The topological polar surface area (TPSA) is 39.9 Å². The van der Waals surface area contributed by atoms with Crippen molar-refractivity contribution in [1.29, 1.82) is 0 Å². The molecule has 3 aliphatic carbocycles. The molecule has 2 aromatic heterocycles. The molecule has 0 fully saturated rings. The number of rotatable bonds is 3. The summed E-state index contributed by atoms with van der Waals surface area (Å²) in [5, 5.41) is 2.48. The Morgan fingerprint density at radius 2 is 1.62 bits per heavy atom. The molecule has 0 spiro atoms. The van der Waals surface area contributed by atoms with Gasteiger partial charge in [0.05, 0.1) is 22.4 Å². The predicted octanol–water partition coefficient (Wildman–Crippen LogP) is 10.1. The number of para-hydroxylation sites is 1. The summed E-state index contributed by atoms with van der Waals surface area (Å²) in [6.45, 7) is 4.73. The Hall–Kier alpha value is -5.48. The minimum atomic E-state index is -0.228. The van der Waals surface area contributed by atoms with Gasteiger partial charge in [-0.25, -0.2) is 9.97 Å². The quantitative estimate of drug-likeness (QED) is 0.201. The van der Waals surface area contributed by atoms with E-state index in [4.69, 9.17) is 14.7 Å². The van der Waals surface area contributed by atoms with Crippen LogP contribution in [0.15, 0.2) is 134 Å². The van der Waals surface area contributed by atoms with Crippen LogP contribution in [0, 0.1) is 0 Å². The van der Waals surface area contributed by atoms with Gasteiger partial charge in [-0.2, -0.15) is 0 Å². The fourth-order valence-electron chi connectivity index (χ4n) is 8.46. The Labute approximate surface area is 274 Å². The predicted molar refractivity (Wildman–Crippen MR) is 190 cm³/mol. The van der Waals surface area contributed by atoms with E-state index in [1.54, 1.807) is 0 Å². The molecule has 0 saturated carbocycles. The molecular formula is C43H33N3O. The first-order valence-electron chi connectivity index (χ1n) is 16.6. The van der Waals surface area contributed by atoms with Crippen LogP contribution in [-0.4, -0.2) is 20.6 Å². The zero-order valence-corrected chi connectivity index (χ0v) is 26.4. The lowest BCUT2D eigenvalue weighted by Crippen LogP contribution is -2.15. The summed E-state index contributed by atoms with van der Waals surface area (Å²) in [5.74, 6) is 2.21. The lowest BCUT2D eigenvalue weighted by molar-refractivity contribution is 0.269. The maximum Gasteiger partial charge on any atom is 0.235 e. The van der Waals surface area contributed by atoms with Crippen LogP contribution < -0.4 is 4.74 Å². The molecule has 0 saturated heterocycles. The summed E-state index contributed by atoms with van der Waals surface area (Å²) in [4.78, 5) is 10.6. The van der Waals surface area contributed by atoms with Gasteiger partial charge < -0.3 is 4.74 Å². The number of aromatic nitrogens is 3. The minimum absolute atomic E-state index is 0.0528. The molecule has 4 aliphatic rings. The monoisotopic (exact) mass is 607 g/mol. The van der Waals surface area contributed by atoms with Gasteiger partial charge in [-0.1, -0.05) is 123 Å². The van der Waals surface area contributed by atoms with Crippen LogP contribution in [0.1, 0.15) is 54.5 Å². The second-order valence-electron chi connectivity index (χ2n) is 13.6. The maximum atomic E-state index is 6.73. The second-order valence-corrected chi connectivity index (χ2v) is 13.6. The van der Waals surface area contributed by atoms with Crippen molar-refractivity contribution in [3.05, 3.63) is 156 Å². The fourth-order valence-corrected chi connectivity index (χ4v) is 8.46. The van der Waals surface area contributed by atoms with Crippen LogP contribution in [0.4, 0.5) is 0 Å². The lowest BCUT2D eigenvalue weighted by Gasteiger charge is -2.23. The number of nitrogens with zero attached hydrogens (tertiary/aromatic N) is 3. The summed E-state index contributed by atoms with van der Waals surface area (Å²) in [7, 11) is 0. The van der Waals surface area contributed by atoms with E-state index in [1.165, 1.54) is 38.6 Å². The number of hydrogen-bond acceptors (Lipinski definition) is 3. The number of ether oxygens (including phenoxy) is 1. The Morgan fingerprint density at radius 3 is 2.49 bits per heavy atom. The molecule has 6 aromatic rings. The van der Waals surface area contributed by atoms with E-state index in [9.17, 15) is 0 Å². The smallest absolute Gasteiger partial charge is 0.235 e. The van der Waals surface area contributed by atoms with Crippen molar-refractivity contribution in [2.45, 2.75) is 43.6 Å². The average Bonchev–Trinajstić information content (AvgIpc) is 3.74. The molecule has 10 rings (SSSR count). The Bertz CT molecular complexity index is 2410. The average molecular weight is 608 g/mol. The molecule has 1 aliphatic heterocycles. The zero-order chi connectivity index (χ0) is 31.3. The van der Waals surface area contributed by atoms with Gasteiger partial charge in [0.1, 0.15) is 11.9 Å². The van der Waals surface area contributed by atoms with Gasteiger partial charge in [0.15, 0.2) is 0 Å². The first kappa shape index (κ1) is 26.7. The molecule has 3 heterocycles. The molecule has 0 N–H and O–H groups in total. The Kier molecular flexibility index (Phi) is 5.55. The normalized spacial score (nSPS) is 21.1. The van der Waals surface area contributed by atoms with Crippen LogP contribution in [0.5, 0.6) is 5.75 Å². The highest BCUT2D eigenvalue weighted by Gasteiger charge is 2.44. The molecule has 0 radical (unpaired) electrons. The van der Waals surface area contributed by atoms with E-state index < -0.39 is 0 Å². The van der Waals surface area contributed by atoms with Crippen molar-refractivity contribution in [2.24, 2.45) is 0 Å². The van der Waals surface area contributed by atoms with E-state index in [0.717, 1.165) is 40.2 Å². The summed E-state index contributed by atoms with van der Waals surface area (Å²) >= 11 is 0. The first-order chi connectivity index (χ1) is 23.1. The molecule has 4 aromatic carbocycles. The highest BCUT2D eigenvalue weighted by atomic mass is 16.5. The number of allylic oxidation sites excluding steroid dienone is 6. The maximum absolute atomic E-state index is 6.73. The van der Waals surface area contributed by atoms with Gasteiger partial charge in [0.25, 0.3) is 0 Å². The molecule has 0 amide bonds. The number of benzene rings is 4. The largest absolute Gasteiger partial charge is 0.484 e. The molecule has 47 heavy (non-hydrogen) atoms. The van der Waals surface area contributed by atoms with E-state index in [0.29, 0.717) is 5.95 Å². The molecule has 3 atom stereocenters. The number of fused-ring (bicyclic) bond motifs is 11. The highest BCUT2D eigenvalue weighted by molar-refractivity contribution is 6.14. The summed E-state index contributed by atoms with van der Waals surface area (Å²) in [5.41, 5.74) is 11.5. The molecule has 4 heteroatoms. The van der Waals surface area contributed by atoms with Crippen molar-refractivity contribution >= 4 is 21.8 Å². The molecule has 0 bridgehead atoms. The van der Waals surface area contributed by atoms with Gasteiger partial charge in [0.2, 0.25) is 5.95 Å². The van der Waals surface area contributed by atoms with Crippen LogP contribution in [0.2, 0.25) is 0 Å². The molecular weight excluding hydrogens is 574 g/mol. The Morgan fingerprint density at radius 1 is 0.787 bits per heavy atom. The third-order valence-electron chi connectivity index (χ3n) is 10.7. The Balaban J connectivity index is 1.24. The van der Waals surface area contributed by atoms with E-state index in [1.807, 2.05) is 0 Å². The fraction of sp³-hybridized carbons (Fsp3) is 0.163. The summed E-state index contributed by atoms with van der Waals surface area (Å²) in [6, 6.07) is 30.6. The van der Waals surface area contributed by atoms with Crippen LogP contribution in [0.3, 0.4) is 0 Å². The molecule has 3 unspecified atom stereocenters. The second kappa shape index (κ2) is 9.76. The van der Waals surface area contributed by atoms with E-state index >= 15 is 0 Å². The van der Waals surface area contributed by atoms with Gasteiger partial charge in [-0.3, -0.25) is 4.57 Å².